The second-order valence-electron chi connectivity index (χ2n) is 5.87. The molecule has 0 aliphatic carbocycles. The molecular formula is C12H24N2O6S. The average molecular weight is 324 g/mol. The molecule has 8 nitrogen and oxygen atoms in total. The molecule has 3 N–H and O–H groups in total. The highest BCUT2D eigenvalue weighted by Gasteiger charge is 2.35. The second-order valence-corrected chi connectivity index (χ2v) is 7.65. The minimum atomic E-state index is -3.61. The third-order valence-corrected chi connectivity index (χ3v) is 3.35. The van der Waals surface area contributed by atoms with Gasteiger partial charge in [-0.2, -0.15) is 0 Å². The molecule has 2 unspecified atom stereocenters. The fourth-order valence-corrected chi connectivity index (χ4v) is 2.47. The summed E-state index contributed by atoms with van der Waals surface area (Å²) in [4.78, 5) is 23.3. The monoisotopic (exact) mass is 324 g/mol. The highest BCUT2D eigenvalue weighted by Crippen LogP contribution is 2.20. The van der Waals surface area contributed by atoms with Crippen LogP contribution in [0.5, 0.6) is 0 Å². The highest BCUT2D eigenvalue weighted by molar-refractivity contribution is 7.88. The molecule has 124 valence electrons. The number of hydrogen-bond donors (Lipinski definition) is 3. The number of carboxylic acids is 1. The van der Waals surface area contributed by atoms with Crippen molar-refractivity contribution in [3.8, 4) is 0 Å². The molecule has 0 aliphatic heterocycles. The molecule has 1 amide bonds. The van der Waals surface area contributed by atoms with Crippen molar-refractivity contribution in [3.05, 3.63) is 0 Å². The van der Waals surface area contributed by atoms with Gasteiger partial charge in [0.05, 0.1) is 6.26 Å². The number of rotatable bonds is 8. The van der Waals surface area contributed by atoms with E-state index in [1.54, 1.807) is 20.8 Å². The lowest BCUT2D eigenvalue weighted by Gasteiger charge is -2.30. The van der Waals surface area contributed by atoms with Gasteiger partial charge in [-0.15, -0.1) is 0 Å². The zero-order chi connectivity index (χ0) is 16.8. The van der Waals surface area contributed by atoms with Crippen LogP contribution in [0.15, 0.2) is 0 Å². The van der Waals surface area contributed by atoms with Gasteiger partial charge in [0.25, 0.3) is 0 Å². The summed E-state index contributed by atoms with van der Waals surface area (Å²) in [7, 11) is -2.19. The van der Waals surface area contributed by atoms with Crippen molar-refractivity contribution in [1.29, 1.82) is 0 Å². The van der Waals surface area contributed by atoms with E-state index in [1.165, 1.54) is 7.11 Å². The Hall–Kier alpha value is -1.19. The first-order valence-electron chi connectivity index (χ1n) is 6.38. The van der Waals surface area contributed by atoms with E-state index in [0.717, 1.165) is 6.26 Å². The van der Waals surface area contributed by atoms with Crippen LogP contribution < -0.4 is 10.0 Å². The van der Waals surface area contributed by atoms with E-state index in [0.29, 0.717) is 0 Å². The molecule has 0 aromatic rings. The number of methoxy groups -OCH3 is 1. The fraction of sp³-hybridized carbons (Fsp3) is 0.833. The maximum atomic E-state index is 12.2. The van der Waals surface area contributed by atoms with Crippen LogP contribution in [0.3, 0.4) is 0 Å². The molecule has 0 saturated heterocycles. The first-order chi connectivity index (χ1) is 9.38. The Labute approximate surface area is 125 Å². The van der Waals surface area contributed by atoms with E-state index in [9.17, 15) is 18.0 Å². The Morgan fingerprint density at radius 3 is 2.14 bits per heavy atom. The highest BCUT2D eigenvalue weighted by atomic mass is 32.2. The van der Waals surface area contributed by atoms with E-state index in [4.69, 9.17) is 9.84 Å². The molecule has 0 aromatic heterocycles. The van der Waals surface area contributed by atoms with Gasteiger partial charge in [0, 0.05) is 20.1 Å². The van der Waals surface area contributed by atoms with Gasteiger partial charge in [0.1, 0.15) is 12.1 Å². The summed E-state index contributed by atoms with van der Waals surface area (Å²) >= 11 is 0. The molecule has 0 aliphatic rings. The first kappa shape index (κ1) is 19.8. The van der Waals surface area contributed by atoms with Gasteiger partial charge >= 0.3 is 5.97 Å². The van der Waals surface area contributed by atoms with Crippen LogP contribution in [0.1, 0.15) is 27.2 Å². The van der Waals surface area contributed by atoms with E-state index in [1.807, 2.05) is 0 Å². The molecule has 0 rings (SSSR count). The number of carbonyl (C=O) groups is 2. The number of amides is 1. The Morgan fingerprint density at radius 1 is 1.29 bits per heavy atom. The maximum absolute atomic E-state index is 12.2. The number of nitrogens with one attached hydrogen (secondary N) is 2. The second kappa shape index (κ2) is 7.71. The summed E-state index contributed by atoms with van der Waals surface area (Å²) in [6.07, 6.45) is 1.03. The smallest absolute Gasteiger partial charge is 0.326 e. The number of carboxylic acid groups (broad SMARTS) is 1. The maximum Gasteiger partial charge on any atom is 0.326 e. The van der Waals surface area contributed by atoms with Crippen molar-refractivity contribution >= 4 is 21.9 Å². The molecule has 21 heavy (non-hydrogen) atoms. The quantitative estimate of drug-likeness (QED) is 0.556. The minimum Gasteiger partial charge on any atom is -0.480 e. The van der Waals surface area contributed by atoms with Crippen LogP contribution in [0, 0.1) is 5.41 Å². The summed E-state index contributed by atoms with van der Waals surface area (Å²) < 4.78 is 29.7. The van der Waals surface area contributed by atoms with Gasteiger partial charge in [-0.25, -0.2) is 17.9 Å². The SMILES string of the molecule is COCCC(NC(=O)C(NS(C)(=O)=O)C(C)(C)C)C(=O)O. The Kier molecular flexibility index (Phi) is 7.28. The molecule has 0 heterocycles. The van der Waals surface area contributed by atoms with Gasteiger partial charge in [-0.05, 0) is 5.41 Å². The van der Waals surface area contributed by atoms with Gasteiger partial charge in [-0.1, -0.05) is 20.8 Å². The van der Waals surface area contributed by atoms with Crippen molar-refractivity contribution in [2.75, 3.05) is 20.0 Å². The number of hydrogen-bond acceptors (Lipinski definition) is 5. The van der Waals surface area contributed by atoms with Crippen LogP contribution in [0.4, 0.5) is 0 Å². The molecule has 0 fully saturated rings. The third-order valence-electron chi connectivity index (χ3n) is 2.69. The Balaban J connectivity index is 5.07. The summed E-state index contributed by atoms with van der Waals surface area (Å²) in [5.41, 5.74) is -0.711. The van der Waals surface area contributed by atoms with Crippen molar-refractivity contribution in [3.63, 3.8) is 0 Å². The molecule has 0 saturated carbocycles. The van der Waals surface area contributed by atoms with Gasteiger partial charge in [0.2, 0.25) is 15.9 Å². The lowest BCUT2D eigenvalue weighted by molar-refractivity contribution is -0.143. The minimum absolute atomic E-state index is 0.0906. The lowest BCUT2D eigenvalue weighted by Crippen LogP contribution is -2.56. The van der Waals surface area contributed by atoms with Crippen LogP contribution >= 0.6 is 0 Å². The molecule has 0 spiro atoms. The zero-order valence-electron chi connectivity index (χ0n) is 13.0. The van der Waals surface area contributed by atoms with Crippen molar-refractivity contribution < 1.29 is 27.9 Å². The summed E-state index contributed by atoms with van der Waals surface area (Å²) in [6, 6.07) is -2.21. The predicted octanol–water partition coefficient (Wildman–Crippen LogP) is -0.444. The molecule has 0 aromatic carbocycles. The first-order valence-corrected chi connectivity index (χ1v) is 8.27. The van der Waals surface area contributed by atoms with Crippen LogP contribution in [-0.2, 0) is 24.3 Å². The number of sulfonamides is 1. The van der Waals surface area contributed by atoms with Crippen LogP contribution in [-0.4, -0.2) is 57.5 Å². The summed E-state index contributed by atoms with van der Waals surface area (Å²) in [5.74, 6) is -1.89. The van der Waals surface area contributed by atoms with Crippen molar-refractivity contribution in [1.82, 2.24) is 10.0 Å². The normalized spacial score (nSPS) is 15.3. The van der Waals surface area contributed by atoms with Crippen LogP contribution in [0.25, 0.3) is 0 Å². The molecule has 2 atom stereocenters. The largest absolute Gasteiger partial charge is 0.480 e. The van der Waals surface area contributed by atoms with E-state index in [2.05, 4.69) is 10.0 Å². The number of aliphatic carboxylic acids is 1. The zero-order valence-corrected chi connectivity index (χ0v) is 13.8. The van der Waals surface area contributed by atoms with Crippen molar-refractivity contribution in [2.45, 2.75) is 39.3 Å². The van der Waals surface area contributed by atoms with Gasteiger partial charge in [0.15, 0.2) is 0 Å². The van der Waals surface area contributed by atoms with Crippen molar-refractivity contribution in [2.24, 2.45) is 5.41 Å². The standard InChI is InChI=1S/C12H24N2O6S/c1-12(2,3)9(14-21(5,18)19)10(15)13-8(11(16)17)6-7-20-4/h8-9,14H,6-7H2,1-5H3,(H,13,15)(H,16,17). The Bertz CT molecular complexity index is 469. The summed E-state index contributed by atoms with van der Waals surface area (Å²) in [6.45, 7) is 5.21. The summed E-state index contributed by atoms with van der Waals surface area (Å²) in [5, 5.41) is 11.4. The van der Waals surface area contributed by atoms with Gasteiger partial charge < -0.3 is 15.2 Å². The number of carbonyl (C=O) groups excluding carboxylic acids is 1. The Morgan fingerprint density at radius 2 is 1.81 bits per heavy atom. The molecule has 0 radical (unpaired) electrons. The van der Waals surface area contributed by atoms with Crippen LogP contribution in [0.2, 0.25) is 0 Å². The fourth-order valence-electron chi connectivity index (χ4n) is 1.59. The number of ether oxygens (including phenoxy) is 1. The lowest BCUT2D eigenvalue weighted by atomic mass is 9.86. The predicted molar refractivity (Wildman–Crippen MR) is 77.3 cm³/mol. The van der Waals surface area contributed by atoms with Gasteiger partial charge in [-0.3, -0.25) is 4.79 Å². The van der Waals surface area contributed by atoms with E-state index < -0.39 is 39.4 Å². The molecule has 9 heteroatoms. The third kappa shape index (κ3) is 7.98. The van der Waals surface area contributed by atoms with E-state index >= 15 is 0 Å². The average Bonchev–Trinajstić information content (AvgIpc) is 2.28. The van der Waals surface area contributed by atoms with E-state index in [-0.39, 0.29) is 13.0 Å². The molecular weight excluding hydrogens is 300 g/mol. The molecule has 0 bridgehead atoms. The topological polar surface area (TPSA) is 122 Å².